The van der Waals surface area contributed by atoms with Gasteiger partial charge in [0.2, 0.25) is 0 Å². The van der Waals surface area contributed by atoms with Crippen molar-refractivity contribution in [2.24, 2.45) is 11.1 Å². The Hall–Kier alpha value is -0.510. The highest BCUT2D eigenvalue weighted by Gasteiger charge is 2.49. The van der Waals surface area contributed by atoms with E-state index in [0.717, 1.165) is 19.6 Å². The molecule has 21 heavy (non-hydrogen) atoms. The first-order valence-corrected chi connectivity index (χ1v) is 9.34. The average molecular weight is 305 g/mol. The van der Waals surface area contributed by atoms with E-state index in [1.54, 1.807) is 0 Å². The lowest BCUT2D eigenvalue weighted by Gasteiger charge is -2.55. The second kappa shape index (κ2) is 5.94. The van der Waals surface area contributed by atoms with Gasteiger partial charge in [-0.05, 0) is 41.6 Å². The summed E-state index contributed by atoms with van der Waals surface area (Å²) < 4.78 is 0. The fourth-order valence-electron chi connectivity index (χ4n) is 4.08. The van der Waals surface area contributed by atoms with Crippen LogP contribution < -0.4 is 5.73 Å². The van der Waals surface area contributed by atoms with Gasteiger partial charge in [-0.1, -0.05) is 38.1 Å². The van der Waals surface area contributed by atoms with Gasteiger partial charge in [0.15, 0.2) is 0 Å². The summed E-state index contributed by atoms with van der Waals surface area (Å²) in [6, 6.07) is 8.95. The number of fused-ring (bicyclic) bond motifs is 1. The molecule has 1 atom stereocenters. The van der Waals surface area contributed by atoms with Gasteiger partial charge in [0.1, 0.15) is 0 Å². The van der Waals surface area contributed by atoms with E-state index in [1.807, 2.05) is 0 Å². The van der Waals surface area contributed by atoms with Crippen LogP contribution in [0.3, 0.4) is 0 Å². The van der Waals surface area contributed by atoms with E-state index in [0.29, 0.717) is 5.41 Å². The number of hydrogen-bond acceptors (Lipinski definition) is 3. The van der Waals surface area contributed by atoms with Gasteiger partial charge in [0.05, 0.1) is 0 Å². The first kappa shape index (κ1) is 15.4. The largest absolute Gasteiger partial charge is 0.329 e. The van der Waals surface area contributed by atoms with Crippen LogP contribution in [-0.4, -0.2) is 41.6 Å². The number of rotatable bonds is 2. The molecule has 2 N–H and O–H groups in total. The Morgan fingerprint density at radius 2 is 1.76 bits per heavy atom. The molecule has 0 spiro atoms. The molecule has 2 aliphatic rings. The van der Waals surface area contributed by atoms with Gasteiger partial charge in [-0.2, -0.15) is 11.8 Å². The third-order valence-electron chi connectivity index (χ3n) is 5.84. The maximum absolute atomic E-state index is 6.35. The first-order valence-electron chi connectivity index (χ1n) is 8.19. The van der Waals surface area contributed by atoms with E-state index in [1.165, 1.54) is 41.9 Å². The third kappa shape index (κ3) is 2.64. The van der Waals surface area contributed by atoms with Crippen molar-refractivity contribution in [3.63, 3.8) is 0 Å². The minimum Gasteiger partial charge on any atom is -0.329 e. The summed E-state index contributed by atoms with van der Waals surface area (Å²) in [5.41, 5.74) is 9.89. The molecular weight excluding hydrogens is 276 g/mol. The van der Waals surface area contributed by atoms with Crippen molar-refractivity contribution in [1.82, 2.24) is 4.90 Å². The Morgan fingerprint density at radius 3 is 2.29 bits per heavy atom. The zero-order chi connectivity index (χ0) is 14.9. The van der Waals surface area contributed by atoms with E-state index >= 15 is 0 Å². The summed E-state index contributed by atoms with van der Waals surface area (Å²) in [7, 11) is 0. The molecule has 0 radical (unpaired) electrons. The molecule has 1 aromatic rings. The maximum atomic E-state index is 6.35. The zero-order valence-electron chi connectivity index (χ0n) is 13.4. The molecule has 3 heteroatoms. The summed E-state index contributed by atoms with van der Waals surface area (Å²) in [5.74, 6) is 2.47. The predicted molar refractivity (Wildman–Crippen MR) is 92.9 cm³/mol. The van der Waals surface area contributed by atoms with Crippen LogP contribution in [-0.2, 0) is 12.8 Å². The van der Waals surface area contributed by atoms with Crippen LogP contribution >= 0.6 is 11.8 Å². The molecule has 116 valence electrons. The minimum absolute atomic E-state index is 0.165. The second-order valence-electron chi connectivity index (χ2n) is 7.18. The van der Waals surface area contributed by atoms with Crippen molar-refractivity contribution in [3.05, 3.63) is 35.4 Å². The summed E-state index contributed by atoms with van der Waals surface area (Å²) in [4.78, 5) is 2.72. The SMILES string of the molecule is CC1(C)CCSCC1(CN)N1CCc2ccccc2CC1. The summed E-state index contributed by atoms with van der Waals surface area (Å²) in [6.45, 7) is 7.94. The monoisotopic (exact) mass is 304 g/mol. The van der Waals surface area contributed by atoms with Crippen LogP contribution in [0.1, 0.15) is 31.4 Å². The number of nitrogens with two attached hydrogens (primary N) is 1. The van der Waals surface area contributed by atoms with Gasteiger partial charge in [-0.15, -0.1) is 0 Å². The highest BCUT2D eigenvalue weighted by molar-refractivity contribution is 7.99. The van der Waals surface area contributed by atoms with Crippen molar-refractivity contribution < 1.29 is 0 Å². The van der Waals surface area contributed by atoms with Gasteiger partial charge < -0.3 is 5.73 Å². The van der Waals surface area contributed by atoms with Crippen LogP contribution in [0.2, 0.25) is 0 Å². The molecule has 0 amide bonds. The lowest BCUT2D eigenvalue weighted by Crippen LogP contribution is -2.66. The molecule has 1 saturated heterocycles. The molecule has 3 rings (SSSR count). The Bertz CT molecular complexity index is 473. The van der Waals surface area contributed by atoms with Gasteiger partial charge in [-0.25, -0.2) is 0 Å². The highest BCUT2D eigenvalue weighted by atomic mass is 32.2. The van der Waals surface area contributed by atoms with Crippen molar-refractivity contribution >= 4 is 11.8 Å². The molecule has 2 heterocycles. The van der Waals surface area contributed by atoms with Crippen molar-refractivity contribution in [1.29, 1.82) is 0 Å². The molecular formula is C18H28N2S. The van der Waals surface area contributed by atoms with Crippen LogP contribution in [0.15, 0.2) is 24.3 Å². The average Bonchev–Trinajstić information content (AvgIpc) is 2.70. The smallest absolute Gasteiger partial charge is 0.0473 e. The highest BCUT2D eigenvalue weighted by Crippen LogP contribution is 2.46. The van der Waals surface area contributed by atoms with Crippen molar-refractivity contribution in [3.8, 4) is 0 Å². The third-order valence-corrected chi connectivity index (χ3v) is 7.01. The quantitative estimate of drug-likeness (QED) is 0.911. The second-order valence-corrected chi connectivity index (χ2v) is 8.28. The lowest BCUT2D eigenvalue weighted by molar-refractivity contribution is 0.00413. The van der Waals surface area contributed by atoms with Crippen molar-refractivity contribution in [2.75, 3.05) is 31.1 Å². The van der Waals surface area contributed by atoms with Gasteiger partial charge in [0, 0.05) is 30.9 Å². The Labute approximate surface area is 133 Å². The van der Waals surface area contributed by atoms with E-state index in [4.69, 9.17) is 5.73 Å². The summed E-state index contributed by atoms with van der Waals surface area (Å²) in [5, 5.41) is 0. The molecule has 1 unspecified atom stereocenters. The zero-order valence-corrected chi connectivity index (χ0v) is 14.2. The number of thioether (sulfide) groups is 1. The van der Waals surface area contributed by atoms with E-state index in [2.05, 4.69) is 54.8 Å². The van der Waals surface area contributed by atoms with Gasteiger partial charge in [-0.3, -0.25) is 4.90 Å². The molecule has 0 aromatic heterocycles. The molecule has 0 saturated carbocycles. The summed E-state index contributed by atoms with van der Waals surface area (Å²) >= 11 is 2.09. The van der Waals surface area contributed by atoms with Crippen molar-refractivity contribution in [2.45, 2.75) is 38.6 Å². The van der Waals surface area contributed by atoms with E-state index in [-0.39, 0.29) is 5.54 Å². The van der Waals surface area contributed by atoms with Gasteiger partial charge >= 0.3 is 0 Å². The number of hydrogen-bond donors (Lipinski definition) is 1. The molecule has 2 aliphatic heterocycles. The topological polar surface area (TPSA) is 29.3 Å². The van der Waals surface area contributed by atoms with Crippen LogP contribution in [0.4, 0.5) is 0 Å². The Morgan fingerprint density at radius 1 is 1.14 bits per heavy atom. The van der Waals surface area contributed by atoms with Crippen LogP contribution in [0.25, 0.3) is 0 Å². The standard InChI is InChI=1S/C18H28N2S/c1-17(2)9-12-21-14-18(17,13-19)20-10-7-15-5-3-4-6-16(15)8-11-20/h3-6H,7-14,19H2,1-2H3. The van der Waals surface area contributed by atoms with Gasteiger partial charge in [0.25, 0.3) is 0 Å². The Balaban J connectivity index is 1.86. The van der Waals surface area contributed by atoms with Crippen LogP contribution in [0.5, 0.6) is 0 Å². The summed E-state index contributed by atoms with van der Waals surface area (Å²) in [6.07, 6.45) is 3.61. The molecule has 0 aliphatic carbocycles. The molecule has 1 fully saturated rings. The maximum Gasteiger partial charge on any atom is 0.0473 e. The number of benzene rings is 1. The predicted octanol–water partition coefficient (Wildman–Crippen LogP) is 2.95. The van der Waals surface area contributed by atoms with Crippen LogP contribution in [0, 0.1) is 5.41 Å². The molecule has 2 nitrogen and oxygen atoms in total. The number of nitrogens with zero attached hydrogens (tertiary/aromatic N) is 1. The Kier molecular flexibility index (Phi) is 4.35. The molecule has 1 aromatic carbocycles. The fourth-order valence-corrected chi connectivity index (χ4v) is 5.90. The molecule has 0 bridgehead atoms. The van der Waals surface area contributed by atoms with E-state index in [9.17, 15) is 0 Å². The normalized spacial score (nSPS) is 29.7. The minimum atomic E-state index is 0.165. The van der Waals surface area contributed by atoms with E-state index < -0.39 is 0 Å². The lowest BCUT2D eigenvalue weighted by atomic mass is 9.69. The fraction of sp³-hybridized carbons (Fsp3) is 0.667. The first-order chi connectivity index (χ1) is 10.1.